The summed E-state index contributed by atoms with van der Waals surface area (Å²) in [6.45, 7) is 14.3. The molecule has 2 atom stereocenters. The van der Waals surface area contributed by atoms with Crippen molar-refractivity contribution in [1.29, 1.82) is 0 Å². The van der Waals surface area contributed by atoms with Gasteiger partial charge in [-0.1, -0.05) is 83.6 Å². The average Bonchev–Trinajstić information content (AvgIpc) is 2.84. The van der Waals surface area contributed by atoms with Gasteiger partial charge in [0.2, 0.25) is 11.8 Å². The summed E-state index contributed by atoms with van der Waals surface area (Å²) in [5.41, 5.74) is 1.27. The lowest BCUT2D eigenvalue weighted by molar-refractivity contribution is -0.142. The number of amides is 3. The van der Waals surface area contributed by atoms with Gasteiger partial charge in [0.05, 0.1) is 0 Å². The van der Waals surface area contributed by atoms with E-state index in [1.165, 1.54) is 24.8 Å². The highest BCUT2D eigenvalue weighted by Gasteiger charge is 2.34. The van der Waals surface area contributed by atoms with Crippen LogP contribution in [0.3, 0.4) is 0 Å². The lowest BCUT2D eigenvalue weighted by Gasteiger charge is -2.34. The molecule has 0 radical (unpaired) electrons. The first kappa shape index (κ1) is 32.5. The maximum atomic E-state index is 13.8. The minimum atomic E-state index is -0.837. The van der Waals surface area contributed by atoms with Gasteiger partial charge in [0.15, 0.2) is 0 Å². The molecule has 0 aromatic heterocycles. The number of carbonyl (C=O) groups excluding carboxylic acids is 3. The van der Waals surface area contributed by atoms with Gasteiger partial charge >= 0.3 is 6.09 Å². The summed E-state index contributed by atoms with van der Waals surface area (Å²) in [5.74, 6) is -0.490. The Morgan fingerprint density at radius 2 is 1.49 bits per heavy atom. The minimum Gasteiger partial charge on any atom is -0.444 e. The molecular formula is C30H51N3O4. The van der Waals surface area contributed by atoms with Crippen molar-refractivity contribution in [1.82, 2.24) is 15.5 Å². The second-order valence-corrected chi connectivity index (χ2v) is 10.8. The molecule has 0 bridgehead atoms. The van der Waals surface area contributed by atoms with E-state index in [1.807, 2.05) is 24.3 Å². The summed E-state index contributed by atoms with van der Waals surface area (Å²) in [6.07, 6.45) is 8.49. The number of ether oxygens (including phenoxy) is 1. The number of rotatable bonds is 16. The fraction of sp³-hybridized carbons (Fsp3) is 0.700. The van der Waals surface area contributed by atoms with Crippen LogP contribution in [-0.4, -0.2) is 47.5 Å². The largest absolute Gasteiger partial charge is 0.444 e. The Labute approximate surface area is 225 Å². The van der Waals surface area contributed by atoms with Crippen molar-refractivity contribution in [2.45, 2.75) is 124 Å². The van der Waals surface area contributed by atoms with Gasteiger partial charge in [-0.15, -0.1) is 0 Å². The fourth-order valence-corrected chi connectivity index (χ4v) is 4.12. The van der Waals surface area contributed by atoms with Crippen LogP contribution < -0.4 is 10.6 Å². The molecule has 0 aliphatic carbocycles. The number of aryl methyl sites for hydroxylation is 1. The fourth-order valence-electron chi connectivity index (χ4n) is 4.12. The molecule has 3 amide bonds. The van der Waals surface area contributed by atoms with Gasteiger partial charge in [-0.3, -0.25) is 9.59 Å². The zero-order valence-electron chi connectivity index (χ0n) is 24.3. The summed E-state index contributed by atoms with van der Waals surface area (Å²) in [7, 11) is 0. The van der Waals surface area contributed by atoms with Gasteiger partial charge < -0.3 is 20.3 Å². The van der Waals surface area contributed by atoms with Crippen LogP contribution in [0.5, 0.6) is 0 Å². The summed E-state index contributed by atoms with van der Waals surface area (Å²) in [4.78, 5) is 41.3. The van der Waals surface area contributed by atoms with Crippen molar-refractivity contribution in [2.75, 3.05) is 13.1 Å². The zero-order valence-corrected chi connectivity index (χ0v) is 24.3. The Kier molecular flexibility index (Phi) is 14.9. The first-order valence-corrected chi connectivity index (χ1v) is 14.2. The predicted molar refractivity (Wildman–Crippen MR) is 150 cm³/mol. The molecule has 0 saturated carbocycles. The van der Waals surface area contributed by atoms with Crippen LogP contribution in [0.1, 0.15) is 117 Å². The quantitative estimate of drug-likeness (QED) is 0.252. The van der Waals surface area contributed by atoms with Crippen LogP contribution in [0.4, 0.5) is 4.79 Å². The smallest absolute Gasteiger partial charge is 0.408 e. The highest BCUT2D eigenvalue weighted by molar-refractivity contribution is 5.92. The number of unbranched alkanes of at least 4 members (excludes halogenated alkanes) is 6. The molecule has 0 aliphatic heterocycles. The van der Waals surface area contributed by atoms with E-state index in [-0.39, 0.29) is 11.8 Å². The standard InChI is InChI=1S/C30H51N3O4/c1-8-11-13-14-15-16-22-33(28(35)23(4)32-29(36)37-30(5,6)7)26(27(34)31-21-12-9-2)25-19-17-24(10-3)18-20-25/h17-20,23,26H,8-16,21-22H2,1-7H3,(H,31,34)(H,32,36). The van der Waals surface area contributed by atoms with Crippen molar-refractivity contribution < 1.29 is 19.1 Å². The number of carbonyl (C=O) groups is 3. The molecule has 210 valence electrons. The predicted octanol–water partition coefficient (Wildman–Crippen LogP) is 6.31. The lowest BCUT2D eigenvalue weighted by atomic mass is 10.00. The summed E-state index contributed by atoms with van der Waals surface area (Å²) in [6, 6.07) is 6.30. The van der Waals surface area contributed by atoms with Crippen LogP contribution in [0.2, 0.25) is 0 Å². The maximum absolute atomic E-state index is 13.8. The molecule has 0 aliphatic rings. The van der Waals surface area contributed by atoms with E-state index in [1.54, 1.807) is 32.6 Å². The summed E-state index contributed by atoms with van der Waals surface area (Å²) < 4.78 is 5.36. The van der Waals surface area contributed by atoms with E-state index in [2.05, 4.69) is 31.4 Å². The van der Waals surface area contributed by atoms with E-state index < -0.39 is 23.8 Å². The molecule has 0 heterocycles. The monoisotopic (exact) mass is 517 g/mol. The summed E-state index contributed by atoms with van der Waals surface area (Å²) in [5, 5.41) is 5.70. The molecule has 1 aromatic rings. The van der Waals surface area contributed by atoms with Gasteiger partial charge in [-0.05, 0) is 58.1 Å². The summed E-state index contributed by atoms with van der Waals surface area (Å²) >= 11 is 0. The van der Waals surface area contributed by atoms with Crippen molar-refractivity contribution in [3.63, 3.8) is 0 Å². The molecular weight excluding hydrogens is 466 g/mol. The normalized spacial score (nSPS) is 12.9. The van der Waals surface area contributed by atoms with E-state index in [4.69, 9.17) is 4.74 Å². The van der Waals surface area contributed by atoms with Gasteiger partial charge in [-0.2, -0.15) is 0 Å². The first-order valence-electron chi connectivity index (χ1n) is 14.2. The Morgan fingerprint density at radius 1 is 0.892 bits per heavy atom. The Bertz CT molecular complexity index is 817. The lowest BCUT2D eigenvalue weighted by Crippen LogP contribution is -2.52. The molecule has 1 aromatic carbocycles. The zero-order chi connectivity index (χ0) is 27.8. The third-order valence-corrected chi connectivity index (χ3v) is 6.23. The second kappa shape index (κ2) is 17.0. The number of nitrogens with zero attached hydrogens (tertiary/aromatic N) is 1. The van der Waals surface area contributed by atoms with Crippen LogP contribution in [-0.2, 0) is 20.7 Å². The van der Waals surface area contributed by atoms with Crippen molar-refractivity contribution in [3.05, 3.63) is 35.4 Å². The molecule has 0 spiro atoms. The highest BCUT2D eigenvalue weighted by Crippen LogP contribution is 2.24. The van der Waals surface area contributed by atoms with Crippen molar-refractivity contribution in [3.8, 4) is 0 Å². The van der Waals surface area contributed by atoms with Crippen molar-refractivity contribution in [2.24, 2.45) is 0 Å². The SMILES string of the molecule is CCCCCCCCN(C(=O)C(C)NC(=O)OC(C)(C)C)C(C(=O)NCCCC)c1ccc(CC)cc1. The number of nitrogens with one attached hydrogen (secondary N) is 2. The highest BCUT2D eigenvalue weighted by atomic mass is 16.6. The van der Waals surface area contributed by atoms with Crippen LogP contribution in [0.15, 0.2) is 24.3 Å². The van der Waals surface area contributed by atoms with E-state index >= 15 is 0 Å². The molecule has 37 heavy (non-hydrogen) atoms. The van der Waals surface area contributed by atoms with E-state index in [0.717, 1.165) is 44.1 Å². The number of hydrogen-bond donors (Lipinski definition) is 2. The Balaban J connectivity index is 3.23. The number of hydrogen-bond acceptors (Lipinski definition) is 4. The second-order valence-electron chi connectivity index (χ2n) is 10.8. The number of benzene rings is 1. The van der Waals surface area contributed by atoms with E-state index in [9.17, 15) is 14.4 Å². The van der Waals surface area contributed by atoms with Crippen LogP contribution >= 0.6 is 0 Å². The van der Waals surface area contributed by atoms with Crippen LogP contribution in [0.25, 0.3) is 0 Å². The first-order chi connectivity index (χ1) is 17.5. The molecule has 2 N–H and O–H groups in total. The third-order valence-electron chi connectivity index (χ3n) is 6.23. The minimum absolute atomic E-state index is 0.193. The van der Waals surface area contributed by atoms with Gasteiger partial charge in [0.1, 0.15) is 17.7 Å². The third kappa shape index (κ3) is 12.5. The molecule has 1 rings (SSSR count). The maximum Gasteiger partial charge on any atom is 0.408 e. The molecule has 0 fully saturated rings. The Hall–Kier alpha value is -2.57. The van der Waals surface area contributed by atoms with Gasteiger partial charge in [0, 0.05) is 13.1 Å². The molecule has 0 saturated heterocycles. The number of alkyl carbamates (subject to hydrolysis) is 1. The molecule has 2 unspecified atom stereocenters. The molecule has 7 nitrogen and oxygen atoms in total. The van der Waals surface area contributed by atoms with Gasteiger partial charge in [0.25, 0.3) is 0 Å². The van der Waals surface area contributed by atoms with Crippen LogP contribution in [0, 0.1) is 0 Å². The topological polar surface area (TPSA) is 87.7 Å². The Morgan fingerprint density at radius 3 is 2.05 bits per heavy atom. The average molecular weight is 518 g/mol. The van der Waals surface area contributed by atoms with Crippen molar-refractivity contribution >= 4 is 17.9 Å². The van der Waals surface area contributed by atoms with E-state index in [0.29, 0.717) is 13.1 Å². The van der Waals surface area contributed by atoms with Gasteiger partial charge in [-0.25, -0.2) is 4.79 Å². The molecule has 7 heteroatoms.